The first-order valence-electron chi connectivity index (χ1n) is 7.13. The van der Waals surface area contributed by atoms with Crippen LogP contribution in [0, 0.1) is 0 Å². The Bertz CT molecular complexity index is 843. The van der Waals surface area contributed by atoms with Crippen molar-refractivity contribution >= 4 is 23.4 Å². The molecule has 0 amide bonds. The molecule has 1 fully saturated rings. The monoisotopic (exact) mass is 348 g/mol. The van der Waals surface area contributed by atoms with Gasteiger partial charge in [-0.2, -0.15) is 4.98 Å². The summed E-state index contributed by atoms with van der Waals surface area (Å²) < 4.78 is 6.81. The van der Waals surface area contributed by atoms with E-state index in [1.165, 1.54) is 11.8 Å². The van der Waals surface area contributed by atoms with E-state index in [-0.39, 0.29) is 0 Å². The zero-order valence-corrected chi connectivity index (χ0v) is 13.6. The number of rotatable bonds is 5. The molecule has 4 rings (SSSR count). The molecule has 0 radical (unpaired) electrons. The van der Waals surface area contributed by atoms with Crippen molar-refractivity contribution in [2.75, 3.05) is 5.84 Å². The predicted octanol–water partition coefficient (Wildman–Crippen LogP) is 2.87. The van der Waals surface area contributed by atoms with Gasteiger partial charge in [0.05, 0.1) is 10.8 Å². The molecule has 1 aliphatic carbocycles. The van der Waals surface area contributed by atoms with Gasteiger partial charge in [0, 0.05) is 11.5 Å². The van der Waals surface area contributed by atoms with E-state index in [4.69, 9.17) is 22.0 Å². The van der Waals surface area contributed by atoms with Gasteiger partial charge in [0.15, 0.2) is 5.82 Å². The normalized spacial score (nSPS) is 14.3. The highest BCUT2D eigenvalue weighted by molar-refractivity contribution is 7.98. The molecule has 23 heavy (non-hydrogen) atoms. The maximum atomic E-state index is 6.14. The van der Waals surface area contributed by atoms with Crippen molar-refractivity contribution in [3.63, 3.8) is 0 Å². The van der Waals surface area contributed by atoms with Gasteiger partial charge in [0.2, 0.25) is 16.9 Å². The van der Waals surface area contributed by atoms with Crippen LogP contribution in [-0.2, 0) is 5.75 Å². The van der Waals surface area contributed by atoms with Crippen molar-refractivity contribution in [3.8, 4) is 11.4 Å². The van der Waals surface area contributed by atoms with Gasteiger partial charge in [-0.3, -0.25) is 0 Å². The molecule has 0 spiro atoms. The molecule has 0 saturated heterocycles. The maximum Gasteiger partial charge on any atom is 0.237 e. The Hall–Kier alpha value is -2.06. The summed E-state index contributed by atoms with van der Waals surface area (Å²) in [5, 5.41) is 13.4. The van der Waals surface area contributed by atoms with Crippen molar-refractivity contribution < 1.29 is 4.52 Å². The largest absolute Gasteiger partial charge is 0.338 e. The minimum atomic E-state index is 0.456. The van der Waals surface area contributed by atoms with Gasteiger partial charge in [-0.15, -0.1) is 10.2 Å². The molecule has 1 saturated carbocycles. The van der Waals surface area contributed by atoms with Crippen LogP contribution in [0.5, 0.6) is 0 Å². The summed E-state index contributed by atoms with van der Waals surface area (Å²) in [6, 6.07) is 7.37. The van der Waals surface area contributed by atoms with Gasteiger partial charge in [0.1, 0.15) is 0 Å². The lowest BCUT2D eigenvalue weighted by molar-refractivity contribution is 0.391. The fraction of sp³-hybridized carbons (Fsp3) is 0.286. The number of hydrogen-bond donors (Lipinski definition) is 1. The highest BCUT2D eigenvalue weighted by atomic mass is 35.5. The number of hydrogen-bond acceptors (Lipinski definition) is 7. The SMILES string of the molecule is Nn1c(SCc2nc(-c3ccccc3Cl)no2)nnc1C1CC1. The number of nitrogen functional groups attached to an aromatic ring is 1. The standard InChI is InChI=1S/C14H13ClN6OS/c15-10-4-2-1-3-9(10)12-17-11(22-20-12)7-23-14-19-18-13(21(14)16)8-5-6-8/h1-4,8H,5-7,16H2. The van der Waals surface area contributed by atoms with Crippen LogP contribution < -0.4 is 5.84 Å². The zero-order chi connectivity index (χ0) is 15.8. The van der Waals surface area contributed by atoms with Crippen LogP contribution in [0.25, 0.3) is 11.4 Å². The average molecular weight is 349 g/mol. The summed E-state index contributed by atoms with van der Waals surface area (Å²) in [5.74, 6) is 8.74. The highest BCUT2D eigenvalue weighted by Gasteiger charge is 2.30. The molecule has 2 heterocycles. The van der Waals surface area contributed by atoms with Crippen molar-refractivity contribution in [2.45, 2.75) is 29.7 Å². The number of nitrogens with two attached hydrogens (primary N) is 1. The van der Waals surface area contributed by atoms with Gasteiger partial charge in [-0.25, -0.2) is 4.68 Å². The van der Waals surface area contributed by atoms with Crippen LogP contribution in [0.15, 0.2) is 33.9 Å². The summed E-state index contributed by atoms with van der Waals surface area (Å²) in [6.45, 7) is 0. The topological polar surface area (TPSA) is 95.7 Å². The van der Waals surface area contributed by atoms with Crippen LogP contribution in [0.3, 0.4) is 0 Å². The fourth-order valence-corrected chi connectivity index (χ4v) is 3.12. The summed E-state index contributed by atoms with van der Waals surface area (Å²) in [7, 11) is 0. The molecule has 0 unspecified atom stereocenters. The van der Waals surface area contributed by atoms with Crippen molar-refractivity contribution in [1.82, 2.24) is 25.0 Å². The van der Waals surface area contributed by atoms with Crippen molar-refractivity contribution in [2.24, 2.45) is 0 Å². The predicted molar refractivity (Wildman–Crippen MR) is 86.5 cm³/mol. The molecule has 1 aromatic carbocycles. The van der Waals surface area contributed by atoms with Crippen LogP contribution in [0.4, 0.5) is 0 Å². The summed E-state index contributed by atoms with van der Waals surface area (Å²) in [6.07, 6.45) is 2.26. The average Bonchev–Trinajstić information content (AvgIpc) is 3.17. The second-order valence-corrected chi connectivity index (χ2v) is 6.61. The van der Waals surface area contributed by atoms with E-state index < -0.39 is 0 Å². The van der Waals surface area contributed by atoms with Gasteiger partial charge in [-0.1, -0.05) is 40.7 Å². The van der Waals surface area contributed by atoms with Crippen LogP contribution in [-0.4, -0.2) is 25.0 Å². The van der Waals surface area contributed by atoms with E-state index in [0.29, 0.717) is 33.6 Å². The molecule has 7 nitrogen and oxygen atoms in total. The Labute approximate surface area is 141 Å². The lowest BCUT2D eigenvalue weighted by Crippen LogP contribution is -2.13. The first-order chi connectivity index (χ1) is 11.2. The van der Waals surface area contributed by atoms with E-state index in [1.54, 1.807) is 10.7 Å². The summed E-state index contributed by atoms with van der Waals surface area (Å²) >= 11 is 7.55. The Morgan fingerprint density at radius 2 is 2.13 bits per heavy atom. The fourth-order valence-electron chi connectivity index (χ4n) is 2.20. The van der Waals surface area contributed by atoms with E-state index >= 15 is 0 Å². The number of nitrogens with zero attached hydrogens (tertiary/aromatic N) is 5. The van der Waals surface area contributed by atoms with Crippen molar-refractivity contribution in [1.29, 1.82) is 0 Å². The summed E-state index contributed by atoms with van der Waals surface area (Å²) in [4.78, 5) is 4.36. The molecule has 0 atom stereocenters. The smallest absolute Gasteiger partial charge is 0.237 e. The van der Waals surface area contributed by atoms with E-state index in [9.17, 15) is 0 Å². The molecule has 1 aliphatic rings. The minimum absolute atomic E-state index is 0.456. The Kier molecular flexibility index (Phi) is 3.70. The van der Waals surface area contributed by atoms with Gasteiger partial charge in [-0.05, 0) is 25.0 Å². The van der Waals surface area contributed by atoms with E-state index in [1.807, 2.05) is 18.2 Å². The molecule has 3 aromatic rings. The molecular formula is C14H13ClN6OS. The Morgan fingerprint density at radius 3 is 2.91 bits per heavy atom. The second-order valence-electron chi connectivity index (χ2n) is 5.27. The lowest BCUT2D eigenvalue weighted by atomic mass is 10.2. The molecule has 2 aromatic heterocycles. The third-order valence-corrected chi connectivity index (χ3v) is 4.80. The molecule has 0 aliphatic heterocycles. The number of benzene rings is 1. The quantitative estimate of drug-likeness (QED) is 0.559. The van der Waals surface area contributed by atoms with Crippen molar-refractivity contribution in [3.05, 3.63) is 41.0 Å². The maximum absolute atomic E-state index is 6.14. The molecule has 2 N–H and O–H groups in total. The third kappa shape index (κ3) is 2.91. The first kappa shape index (κ1) is 14.5. The molecule has 0 bridgehead atoms. The third-order valence-electron chi connectivity index (χ3n) is 3.54. The van der Waals surface area contributed by atoms with Crippen LogP contribution in [0.2, 0.25) is 5.02 Å². The minimum Gasteiger partial charge on any atom is -0.338 e. The first-order valence-corrected chi connectivity index (χ1v) is 8.49. The zero-order valence-electron chi connectivity index (χ0n) is 12.0. The van der Waals surface area contributed by atoms with E-state index in [0.717, 1.165) is 24.2 Å². The lowest BCUT2D eigenvalue weighted by Gasteiger charge is -2.00. The highest BCUT2D eigenvalue weighted by Crippen LogP contribution is 2.39. The number of aromatic nitrogens is 5. The second kappa shape index (κ2) is 5.86. The molecular weight excluding hydrogens is 336 g/mol. The van der Waals surface area contributed by atoms with Gasteiger partial charge >= 0.3 is 0 Å². The summed E-state index contributed by atoms with van der Waals surface area (Å²) in [5.41, 5.74) is 0.743. The Balaban J connectivity index is 1.47. The molecule has 9 heteroatoms. The van der Waals surface area contributed by atoms with Gasteiger partial charge < -0.3 is 10.4 Å². The Morgan fingerprint density at radius 1 is 1.30 bits per heavy atom. The van der Waals surface area contributed by atoms with Gasteiger partial charge in [0.25, 0.3) is 0 Å². The number of halogens is 1. The van der Waals surface area contributed by atoms with E-state index in [2.05, 4.69) is 20.3 Å². The van der Waals surface area contributed by atoms with Crippen LogP contribution >= 0.6 is 23.4 Å². The van der Waals surface area contributed by atoms with Crippen LogP contribution in [0.1, 0.15) is 30.5 Å². The number of thioether (sulfide) groups is 1. The molecule has 118 valence electrons.